The van der Waals surface area contributed by atoms with Crippen molar-refractivity contribution in [2.75, 3.05) is 24.3 Å². The smallest absolute Gasteiger partial charge is 0.387 e. The third-order valence-electron chi connectivity index (χ3n) is 3.26. The summed E-state index contributed by atoms with van der Waals surface area (Å²) in [6.45, 7) is -2.64. The number of ether oxygens (including phenoxy) is 1. The largest absolute Gasteiger partial charge is 0.433 e. The van der Waals surface area contributed by atoms with Crippen LogP contribution < -0.4 is 20.3 Å². The molecule has 0 radical (unpaired) electrons. The Morgan fingerprint density at radius 3 is 2.42 bits per heavy atom. The normalized spacial score (nSPS) is 10.4. The highest BCUT2D eigenvalue weighted by Gasteiger charge is 2.11. The number of hydrogen-bond acceptors (Lipinski definition) is 3. The van der Waals surface area contributed by atoms with Crippen LogP contribution in [0.25, 0.3) is 0 Å². The van der Waals surface area contributed by atoms with Crippen LogP contribution >= 0.6 is 0 Å². The van der Waals surface area contributed by atoms with Crippen LogP contribution in [0.2, 0.25) is 0 Å². The monoisotopic (exact) mass is 335 g/mol. The summed E-state index contributed by atoms with van der Waals surface area (Å²) in [6, 6.07) is 13.2. The number of carbonyl (C=O) groups excluding carboxylic acids is 1. The standard InChI is InChI=1S/C17H19F2N3O2/c1-22(2)13-9-7-12(8-10-13)11-20-17(23)21-14-5-3-4-6-15(14)24-16(18)19/h3-10,16H,11H2,1-2H3,(H2,20,21,23). The molecule has 0 atom stereocenters. The number of nitrogens with zero attached hydrogens (tertiary/aromatic N) is 1. The first-order chi connectivity index (χ1) is 11.5. The number of anilines is 2. The summed E-state index contributed by atoms with van der Waals surface area (Å²) in [7, 11) is 3.89. The molecule has 0 spiro atoms. The van der Waals surface area contributed by atoms with Gasteiger partial charge < -0.3 is 20.3 Å². The van der Waals surface area contributed by atoms with E-state index in [0.717, 1.165) is 11.3 Å². The zero-order valence-electron chi connectivity index (χ0n) is 13.4. The molecule has 24 heavy (non-hydrogen) atoms. The minimum atomic E-state index is -2.95. The molecular formula is C17H19F2N3O2. The fourth-order valence-electron chi connectivity index (χ4n) is 2.03. The van der Waals surface area contributed by atoms with Gasteiger partial charge in [0.1, 0.15) is 5.75 Å². The molecule has 0 heterocycles. The average molecular weight is 335 g/mol. The second-order valence-electron chi connectivity index (χ2n) is 5.24. The van der Waals surface area contributed by atoms with E-state index in [9.17, 15) is 13.6 Å². The summed E-state index contributed by atoms with van der Waals surface area (Å²) in [6.07, 6.45) is 0. The minimum Gasteiger partial charge on any atom is -0.433 e. The molecule has 0 bridgehead atoms. The van der Waals surface area contributed by atoms with Crippen molar-refractivity contribution in [1.82, 2.24) is 5.32 Å². The molecule has 2 aromatic carbocycles. The van der Waals surface area contributed by atoms with Gasteiger partial charge in [-0.3, -0.25) is 0 Å². The van der Waals surface area contributed by atoms with E-state index in [-0.39, 0.29) is 11.4 Å². The highest BCUT2D eigenvalue weighted by atomic mass is 19.3. The van der Waals surface area contributed by atoms with Crippen LogP contribution in [0.5, 0.6) is 5.75 Å². The van der Waals surface area contributed by atoms with Gasteiger partial charge in [-0.2, -0.15) is 8.78 Å². The predicted octanol–water partition coefficient (Wildman–Crippen LogP) is 3.68. The molecule has 0 aliphatic heterocycles. The Balaban J connectivity index is 1.92. The lowest BCUT2D eigenvalue weighted by Crippen LogP contribution is -2.28. The zero-order valence-corrected chi connectivity index (χ0v) is 13.4. The molecule has 5 nitrogen and oxygen atoms in total. The number of para-hydroxylation sites is 2. The van der Waals surface area contributed by atoms with Crippen LogP contribution in [0.3, 0.4) is 0 Å². The summed E-state index contributed by atoms with van der Waals surface area (Å²) in [5.41, 5.74) is 2.16. The predicted molar refractivity (Wildman–Crippen MR) is 89.7 cm³/mol. The summed E-state index contributed by atoms with van der Waals surface area (Å²) < 4.78 is 29.0. The van der Waals surface area contributed by atoms with Crippen molar-refractivity contribution in [3.63, 3.8) is 0 Å². The fourth-order valence-corrected chi connectivity index (χ4v) is 2.03. The molecule has 7 heteroatoms. The topological polar surface area (TPSA) is 53.6 Å². The van der Waals surface area contributed by atoms with Crippen LogP contribution in [0.4, 0.5) is 25.0 Å². The van der Waals surface area contributed by atoms with Gasteiger partial charge in [0.2, 0.25) is 0 Å². The third kappa shape index (κ3) is 5.12. The Morgan fingerprint density at radius 2 is 1.79 bits per heavy atom. The van der Waals surface area contributed by atoms with E-state index < -0.39 is 12.6 Å². The van der Waals surface area contributed by atoms with E-state index in [2.05, 4.69) is 15.4 Å². The van der Waals surface area contributed by atoms with Gasteiger partial charge in [0, 0.05) is 26.3 Å². The lowest BCUT2D eigenvalue weighted by atomic mass is 10.2. The van der Waals surface area contributed by atoms with Crippen molar-refractivity contribution >= 4 is 17.4 Å². The number of alkyl halides is 2. The van der Waals surface area contributed by atoms with Gasteiger partial charge in [-0.1, -0.05) is 24.3 Å². The molecule has 128 valence electrons. The number of halogens is 2. The molecule has 2 rings (SSSR count). The van der Waals surface area contributed by atoms with Crippen molar-refractivity contribution < 1.29 is 18.3 Å². The van der Waals surface area contributed by atoms with E-state index >= 15 is 0 Å². The van der Waals surface area contributed by atoms with Gasteiger partial charge in [-0.25, -0.2) is 4.79 Å². The molecule has 2 amide bonds. The summed E-state index contributed by atoms with van der Waals surface area (Å²) in [5, 5.41) is 5.17. The second kappa shape index (κ2) is 8.14. The van der Waals surface area contributed by atoms with Gasteiger partial charge >= 0.3 is 12.6 Å². The van der Waals surface area contributed by atoms with E-state index in [1.165, 1.54) is 12.1 Å². The van der Waals surface area contributed by atoms with Gasteiger partial charge in [0.15, 0.2) is 0 Å². The van der Waals surface area contributed by atoms with Crippen LogP contribution in [-0.4, -0.2) is 26.7 Å². The molecule has 0 unspecified atom stereocenters. The highest BCUT2D eigenvalue weighted by Crippen LogP contribution is 2.25. The van der Waals surface area contributed by atoms with Gasteiger partial charge in [0.25, 0.3) is 0 Å². The lowest BCUT2D eigenvalue weighted by molar-refractivity contribution is -0.0493. The Morgan fingerprint density at radius 1 is 1.12 bits per heavy atom. The number of urea groups is 1. The van der Waals surface area contributed by atoms with Crippen molar-refractivity contribution in [3.05, 3.63) is 54.1 Å². The molecule has 0 fully saturated rings. The fraction of sp³-hybridized carbons (Fsp3) is 0.235. The molecule has 0 aromatic heterocycles. The molecular weight excluding hydrogens is 316 g/mol. The number of nitrogens with one attached hydrogen (secondary N) is 2. The van der Waals surface area contributed by atoms with Crippen molar-refractivity contribution in [1.29, 1.82) is 0 Å². The third-order valence-corrected chi connectivity index (χ3v) is 3.26. The quantitative estimate of drug-likeness (QED) is 0.847. The van der Waals surface area contributed by atoms with Crippen LogP contribution in [-0.2, 0) is 6.54 Å². The Labute approximate surface area is 139 Å². The molecule has 0 aliphatic rings. The van der Waals surface area contributed by atoms with Crippen molar-refractivity contribution in [2.45, 2.75) is 13.2 Å². The number of amides is 2. The minimum absolute atomic E-state index is 0.0852. The zero-order chi connectivity index (χ0) is 17.5. The maximum atomic E-state index is 12.3. The number of carbonyl (C=O) groups is 1. The summed E-state index contributed by atoms with van der Waals surface area (Å²) in [5.74, 6) is -0.0852. The van der Waals surface area contributed by atoms with Gasteiger partial charge in [0.05, 0.1) is 5.69 Å². The SMILES string of the molecule is CN(C)c1ccc(CNC(=O)Nc2ccccc2OC(F)F)cc1. The summed E-state index contributed by atoms with van der Waals surface area (Å²) in [4.78, 5) is 13.9. The number of hydrogen-bond donors (Lipinski definition) is 2. The Bertz CT molecular complexity index is 676. The lowest BCUT2D eigenvalue weighted by Gasteiger charge is -2.14. The summed E-state index contributed by atoms with van der Waals surface area (Å²) >= 11 is 0. The first-order valence-corrected chi connectivity index (χ1v) is 7.30. The van der Waals surface area contributed by atoms with Gasteiger partial charge in [-0.15, -0.1) is 0 Å². The number of rotatable bonds is 6. The second-order valence-corrected chi connectivity index (χ2v) is 5.24. The maximum Gasteiger partial charge on any atom is 0.387 e. The van der Waals surface area contributed by atoms with E-state index in [1.807, 2.05) is 43.3 Å². The first-order valence-electron chi connectivity index (χ1n) is 7.30. The molecule has 0 saturated heterocycles. The maximum absolute atomic E-state index is 12.3. The first kappa shape index (κ1) is 17.5. The van der Waals surface area contributed by atoms with Crippen molar-refractivity contribution in [3.8, 4) is 5.75 Å². The Kier molecular flexibility index (Phi) is 5.95. The van der Waals surface area contributed by atoms with E-state index in [0.29, 0.717) is 6.54 Å². The highest BCUT2D eigenvalue weighted by molar-refractivity contribution is 5.90. The molecule has 0 aliphatic carbocycles. The van der Waals surface area contributed by atoms with Crippen LogP contribution in [0.1, 0.15) is 5.56 Å². The molecule has 2 aromatic rings. The Hall–Kier alpha value is -2.83. The van der Waals surface area contributed by atoms with E-state index in [4.69, 9.17) is 0 Å². The van der Waals surface area contributed by atoms with Crippen molar-refractivity contribution in [2.24, 2.45) is 0 Å². The number of benzene rings is 2. The van der Waals surface area contributed by atoms with Gasteiger partial charge in [-0.05, 0) is 29.8 Å². The van der Waals surface area contributed by atoms with Crippen LogP contribution in [0.15, 0.2) is 48.5 Å². The van der Waals surface area contributed by atoms with E-state index in [1.54, 1.807) is 12.1 Å². The molecule has 0 saturated carbocycles. The molecule has 2 N–H and O–H groups in total. The van der Waals surface area contributed by atoms with Crippen LogP contribution in [0, 0.1) is 0 Å². The average Bonchev–Trinajstić information content (AvgIpc) is 2.54.